The third-order valence-corrected chi connectivity index (χ3v) is 4.52. The first-order valence-electron chi connectivity index (χ1n) is 7.00. The number of thioether (sulfide) groups is 1. The number of rotatable bonds is 5. The fraction of sp³-hybridized carbons (Fsp3) is 0.188. The number of thiocarbonyl (C=S) groups is 1. The van der Waals surface area contributed by atoms with Crippen LogP contribution in [0.5, 0.6) is 0 Å². The zero-order valence-corrected chi connectivity index (χ0v) is 14.2. The van der Waals surface area contributed by atoms with Crippen LogP contribution in [-0.4, -0.2) is 21.3 Å². The maximum atomic E-state index is 12.6. The van der Waals surface area contributed by atoms with Gasteiger partial charge in [-0.05, 0) is 29.7 Å². The van der Waals surface area contributed by atoms with Gasteiger partial charge in [-0.2, -0.15) is 13.2 Å². The van der Waals surface area contributed by atoms with Crippen LogP contribution in [0.15, 0.2) is 40.8 Å². The first-order valence-corrected chi connectivity index (χ1v) is 8.23. The molecular weight excluding hydrogens is 375 g/mol. The predicted molar refractivity (Wildman–Crippen MR) is 92.7 cm³/mol. The number of aliphatic carboxylic acids is 1. The summed E-state index contributed by atoms with van der Waals surface area (Å²) < 4.78 is 37.9. The Balaban J connectivity index is 2.25. The molecule has 1 amide bonds. The van der Waals surface area contributed by atoms with Crippen molar-refractivity contribution in [1.29, 1.82) is 0 Å². The second kappa shape index (κ2) is 7.83. The predicted octanol–water partition coefficient (Wildman–Crippen LogP) is 3.99. The lowest BCUT2D eigenvalue weighted by atomic mass is 10.1. The molecule has 0 unspecified atom stereocenters. The van der Waals surface area contributed by atoms with Gasteiger partial charge in [0.25, 0.3) is 5.91 Å². The summed E-state index contributed by atoms with van der Waals surface area (Å²) in [5.41, 5.74) is 0.197. The molecule has 2 rings (SSSR count). The molecule has 25 heavy (non-hydrogen) atoms. The number of carbonyl (C=O) groups is 2. The summed E-state index contributed by atoms with van der Waals surface area (Å²) >= 11 is 5.94. The Morgan fingerprint density at radius 3 is 2.36 bits per heavy atom. The van der Waals surface area contributed by atoms with Gasteiger partial charge in [-0.3, -0.25) is 9.59 Å². The zero-order valence-electron chi connectivity index (χ0n) is 12.6. The van der Waals surface area contributed by atoms with E-state index in [0.717, 1.165) is 23.9 Å². The molecule has 0 aliphatic carbocycles. The Morgan fingerprint density at radius 1 is 1.24 bits per heavy atom. The molecule has 1 aromatic carbocycles. The largest absolute Gasteiger partial charge is 0.481 e. The van der Waals surface area contributed by atoms with Crippen molar-refractivity contribution in [2.24, 2.45) is 0 Å². The maximum absolute atomic E-state index is 12.6. The number of carbonyl (C=O) groups excluding carboxylic acids is 1. The number of alkyl halides is 3. The van der Waals surface area contributed by atoms with Crippen LogP contribution in [0.4, 0.5) is 13.2 Å². The standard InChI is InChI=1S/C16H12F3NO3S2/c17-16(18,19)11-6-2-9(3-7-11)1-4-10(5-8-12(21)22)13-14(23)20-15(24)25-13/h1-4,6-7H,5,8H2,(H,21,22)(H,20,23,24). The summed E-state index contributed by atoms with van der Waals surface area (Å²) in [4.78, 5) is 22.9. The quantitative estimate of drug-likeness (QED) is 0.591. The van der Waals surface area contributed by atoms with E-state index < -0.39 is 23.6 Å². The number of carboxylic acids is 1. The monoisotopic (exact) mass is 387 g/mol. The van der Waals surface area contributed by atoms with Crippen molar-refractivity contribution in [3.05, 3.63) is 51.9 Å². The Labute approximate surface area is 150 Å². The van der Waals surface area contributed by atoms with Gasteiger partial charge in [0, 0.05) is 6.42 Å². The second-order valence-electron chi connectivity index (χ2n) is 5.04. The molecule has 0 atom stereocenters. The van der Waals surface area contributed by atoms with Crippen LogP contribution >= 0.6 is 24.0 Å². The highest BCUT2D eigenvalue weighted by molar-refractivity contribution is 8.26. The number of hydrogen-bond donors (Lipinski definition) is 2. The number of benzene rings is 1. The third-order valence-electron chi connectivity index (χ3n) is 3.23. The lowest BCUT2D eigenvalue weighted by Crippen LogP contribution is -2.18. The topological polar surface area (TPSA) is 66.4 Å². The van der Waals surface area contributed by atoms with E-state index in [4.69, 9.17) is 17.3 Å². The average Bonchev–Trinajstić information content (AvgIpc) is 2.85. The molecule has 0 spiro atoms. The zero-order chi connectivity index (χ0) is 18.6. The SMILES string of the molecule is O=C(O)CCC(C=Cc1ccc(C(F)(F)F)cc1)=C1SC(=S)NC1=O. The van der Waals surface area contributed by atoms with E-state index in [1.54, 1.807) is 0 Å². The smallest absolute Gasteiger partial charge is 0.416 e. The maximum Gasteiger partial charge on any atom is 0.416 e. The summed E-state index contributed by atoms with van der Waals surface area (Å²) in [6.45, 7) is 0. The summed E-state index contributed by atoms with van der Waals surface area (Å²) in [5.74, 6) is -1.43. The van der Waals surface area contributed by atoms with Gasteiger partial charge >= 0.3 is 12.1 Å². The summed E-state index contributed by atoms with van der Waals surface area (Å²) in [6.07, 6.45) is -1.44. The van der Waals surface area contributed by atoms with Gasteiger partial charge in [0.1, 0.15) is 4.32 Å². The molecule has 0 radical (unpaired) electrons. The van der Waals surface area contributed by atoms with Gasteiger partial charge < -0.3 is 10.4 Å². The number of halogens is 3. The summed E-state index contributed by atoms with van der Waals surface area (Å²) in [7, 11) is 0. The van der Waals surface area contributed by atoms with Crippen molar-refractivity contribution in [1.82, 2.24) is 5.32 Å². The molecule has 1 aromatic rings. The molecule has 1 aliphatic rings. The summed E-state index contributed by atoms with van der Waals surface area (Å²) in [6, 6.07) is 4.50. The van der Waals surface area contributed by atoms with Crippen LogP contribution in [0.2, 0.25) is 0 Å². The number of carboxylic acid groups (broad SMARTS) is 1. The van der Waals surface area contributed by atoms with Crippen LogP contribution in [0.3, 0.4) is 0 Å². The van der Waals surface area contributed by atoms with Gasteiger partial charge in [0.15, 0.2) is 0 Å². The Hall–Kier alpha value is -2.13. The molecule has 2 N–H and O–H groups in total. The minimum absolute atomic E-state index is 0.102. The molecule has 0 bridgehead atoms. The highest BCUT2D eigenvalue weighted by Crippen LogP contribution is 2.31. The van der Waals surface area contributed by atoms with Crippen molar-refractivity contribution in [3.63, 3.8) is 0 Å². The van der Waals surface area contributed by atoms with Crippen LogP contribution in [0.1, 0.15) is 24.0 Å². The molecule has 1 aliphatic heterocycles. The second-order valence-corrected chi connectivity index (χ2v) is 6.73. The van der Waals surface area contributed by atoms with E-state index in [-0.39, 0.29) is 17.2 Å². The number of amides is 1. The van der Waals surface area contributed by atoms with Crippen LogP contribution in [0, 0.1) is 0 Å². The fourth-order valence-electron chi connectivity index (χ4n) is 2.02. The van der Waals surface area contributed by atoms with Crippen molar-refractivity contribution < 1.29 is 27.9 Å². The Kier molecular flexibility index (Phi) is 6.02. The first-order chi connectivity index (χ1) is 11.7. The van der Waals surface area contributed by atoms with E-state index in [1.165, 1.54) is 24.3 Å². The van der Waals surface area contributed by atoms with Crippen LogP contribution < -0.4 is 5.32 Å². The Morgan fingerprint density at radius 2 is 1.88 bits per heavy atom. The minimum atomic E-state index is -4.41. The fourth-order valence-corrected chi connectivity index (χ4v) is 3.14. The lowest BCUT2D eigenvalue weighted by molar-refractivity contribution is -0.138. The number of allylic oxidation sites excluding steroid dienone is 2. The third kappa shape index (κ3) is 5.43. The minimum Gasteiger partial charge on any atom is -0.481 e. The van der Waals surface area contributed by atoms with Crippen molar-refractivity contribution >= 4 is 46.3 Å². The van der Waals surface area contributed by atoms with Gasteiger partial charge in [-0.15, -0.1) is 0 Å². The molecule has 132 valence electrons. The molecule has 1 fully saturated rings. The molecule has 0 aromatic heterocycles. The highest BCUT2D eigenvalue weighted by Gasteiger charge is 2.30. The molecule has 4 nitrogen and oxygen atoms in total. The molecule has 0 saturated carbocycles. The van der Waals surface area contributed by atoms with E-state index in [0.29, 0.717) is 16.0 Å². The number of hydrogen-bond acceptors (Lipinski definition) is 4. The van der Waals surface area contributed by atoms with Crippen LogP contribution in [0.25, 0.3) is 6.08 Å². The normalized spacial score (nSPS) is 17.1. The van der Waals surface area contributed by atoms with E-state index in [9.17, 15) is 22.8 Å². The average molecular weight is 387 g/mol. The lowest BCUT2D eigenvalue weighted by Gasteiger charge is -2.06. The first kappa shape index (κ1) is 19.2. The molecule has 1 heterocycles. The van der Waals surface area contributed by atoms with E-state index in [2.05, 4.69) is 5.32 Å². The molecule has 9 heteroatoms. The van der Waals surface area contributed by atoms with E-state index >= 15 is 0 Å². The van der Waals surface area contributed by atoms with Crippen molar-refractivity contribution in [2.75, 3.05) is 0 Å². The number of nitrogens with one attached hydrogen (secondary N) is 1. The van der Waals surface area contributed by atoms with Crippen LogP contribution in [-0.2, 0) is 15.8 Å². The van der Waals surface area contributed by atoms with E-state index in [1.807, 2.05) is 0 Å². The van der Waals surface area contributed by atoms with Gasteiger partial charge in [-0.1, -0.05) is 48.3 Å². The van der Waals surface area contributed by atoms with Crippen molar-refractivity contribution in [2.45, 2.75) is 19.0 Å². The molecule has 1 saturated heterocycles. The van der Waals surface area contributed by atoms with Crippen molar-refractivity contribution in [3.8, 4) is 0 Å². The summed E-state index contributed by atoms with van der Waals surface area (Å²) in [5, 5.41) is 11.3. The van der Waals surface area contributed by atoms with Gasteiger partial charge in [-0.25, -0.2) is 0 Å². The van der Waals surface area contributed by atoms with Gasteiger partial charge in [0.2, 0.25) is 0 Å². The van der Waals surface area contributed by atoms with Gasteiger partial charge in [0.05, 0.1) is 10.5 Å². The molecular formula is C16H12F3NO3S2. The Bertz CT molecular complexity index is 768. The highest BCUT2D eigenvalue weighted by atomic mass is 32.2.